The third-order valence-corrected chi connectivity index (χ3v) is 3.17. The molecule has 0 unspecified atom stereocenters. The van der Waals surface area contributed by atoms with Crippen LogP contribution in [-0.2, 0) is 13.2 Å². The van der Waals surface area contributed by atoms with Crippen molar-refractivity contribution in [1.82, 2.24) is 9.55 Å². The molecule has 0 saturated carbocycles. The fourth-order valence-corrected chi connectivity index (χ4v) is 2.10. The normalized spacial score (nSPS) is 11.0. The molecular formula is C12H12BrF2N3O. The van der Waals surface area contributed by atoms with E-state index in [4.69, 9.17) is 10.5 Å². The van der Waals surface area contributed by atoms with Crippen LogP contribution in [0.25, 0.3) is 0 Å². The van der Waals surface area contributed by atoms with Gasteiger partial charge in [0.25, 0.3) is 0 Å². The van der Waals surface area contributed by atoms with E-state index in [1.54, 1.807) is 6.07 Å². The molecule has 7 heteroatoms. The number of benzene rings is 1. The highest BCUT2D eigenvalue weighted by molar-refractivity contribution is 9.10. The average molecular weight is 332 g/mol. The van der Waals surface area contributed by atoms with Gasteiger partial charge in [-0.3, -0.25) is 4.57 Å². The summed E-state index contributed by atoms with van der Waals surface area (Å²) in [6, 6.07) is 5.39. The molecule has 1 heterocycles. The fourth-order valence-electron chi connectivity index (χ4n) is 1.56. The van der Waals surface area contributed by atoms with Gasteiger partial charge in [-0.1, -0.05) is 6.07 Å². The Hall–Kier alpha value is -1.47. The van der Waals surface area contributed by atoms with Gasteiger partial charge in [-0.15, -0.1) is 0 Å². The maximum Gasteiger partial charge on any atom is 0.320 e. The smallest absolute Gasteiger partial charge is 0.320 e. The number of nitrogens with zero attached hydrogens (tertiary/aromatic N) is 2. The summed E-state index contributed by atoms with van der Waals surface area (Å²) < 4.78 is 32.2. The van der Waals surface area contributed by atoms with E-state index in [1.807, 2.05) is 12.1 Å². The van der Waals surface area contributed by atoms with Gasteiger partial charge in [0.2, 0.25) is 0 Å². The molecule has 1 aromatic heterocycles. The highest BCUT2D eigenvalue weighted by atomic mass is 79.9. The van der Waals surface area contributed by atoms with Crippen LogP contribution < -0.4 is 10.5 Å². The lowest BCUT2D eigenvalue weighted by Crippen LogP contribution is -2.07. The van der Waals surface area contributed by atoms with E-state index in [2.05, 4.69) is 20.9 Å². The van der Waals surface area contributed by atoms with Gasteiger partial charge in [0.1, 0.15) is 12.4 Å². The third-order valence-electron chi connectivity index (χ3n) is 2.55. The van der Waals surface area contributed by atoms with Gasteiger partial charge in [0, 0.05) is 18.9 Å². The predicted molar refractivity (Wildman–Crippen MR) is 69.8 cm³/mol. The lowest BCUT2D eigenvalue weighted by atomic mass is 10.2. The van der Waals surface area contributed by atoms with E-state index < -0.39 is 6.55 Å². The molecule has 4 nitrogen and oxygen atoms in total. The summed E-state index contributed by atoms with van der Waals surface area (Å²) >= 11 is 3.34. The lowest BCUT2D eigenvalue weighted by Gasteiger charge is -2.10. The molecule has 0 fully saturated rings. The molecule has 2 aromatic rings. The molecule has 0 saturated heterocycles. The van der Waals surface area contributed by atoms with Crippen LogP contribution in [-0.4, -0.2) is 9.55 Å². The van der Waals surface area contributed by atoms with Crippen molar-refractivity contribution in [2.75, 3.05) is 0 Å². The molecule has 102 valence electrons. The number of ether oxygens (including phenoxy) is 1. The van der Waals surface area contributed by atoms with Crippen LogP contribution in [0.5, 0.6) is 5.75 Å². The Kier molecular flexibility index (Phi) is 4.49. The Morgan fingerprint density at radius 1 is 1.42 bits per heavy atom. The first-order chi connectivity index (χ1) is 9.11. The Balaban J connectivity index is 2.08. The monoisotopic (exact) mass is 331 g/mol. The van der Waals surface area contributed by atoms with Gasteiger partial charge in [-0.25, -0.2) is 4.98 Å². The molecule has 0 spiro atoms. The highest BCUT2D eigenvalue weighted by Crippen LogP contribution is 2.26. The number of hydrogen-bond donors (Lipinski definition) is 1. The first-order valence-electron chi connectivity index (χ1n) is 5.53. The average Bonchev–Trinajstić information content (AvgIpc) is 2.85. The summed E-state index contributed by atoms with van der Waals surface area (Å²) in [7, 11) is 0. The zero-order valence-electron chi connectivity index (χ0n) is 9.89. The number of nitrogens with two attached hydrogens (primary N) is 1. The molecule has 2 N–H and O–H groups in total. The van der Waals surface area contributed by atoms with Gasteiger partial charge < -0.3 is 10.5 Å². The zero-order valence-corrected chi connectivity index (χ0v) is 11.5. The quantitative estimate of drug-likeness (QED) is 0.915. The number of halogens is 3. The summed E-state index contributed by atoms with van der Waals surface area (Å²) in [5.74, 6) is 0.728. The second-order valence-corrected chi connectivity index (χ2v) is 4.64. The maximum atomic E-state index is 12.6. The number of hydrogen-bond acceptors (Lipinski definition) is 3. The third kappa shape index (κ3) is 3.30. The van der Waals surface area contributed by atoms with Gasteiger partial charge in [-0.2, -0.15) is 8.78 Å². The fraction of sp³-hybridized carbons (Fsp3) is 0.250. The van der Waals surface area contributed by atoms with Crippen molar-refractivity contribution in [3.8, 4) is 5.75 Å². The van der Waals surface area contributed by atoms with Crippen LogP contribution >= 0.6 is 15.9 Å². The van der Waals surface area contributed by atoms with Crippen LogP contribution in [0.3, 0.4) is 0 Å². The molecule has 2 rings (SSSR count). The highest BCUT2D eigenvalue weighted by Gasteiger charge is 2.12. The molecule has 0 amide bonds. The topological polar surface area (TPSA) is 53.1 Å². The van der Waals surface area contributed by atoms with E-state index in [1.165, 1.54) is 12.4 Å². The summed E-state index contributed by atoms with van der Waals surface area (Å²) in [6.45, 7) is -2.23. The van der Waals surface area contributed by atoms with Gasteiger partial charge in [0.05, 0.1) is 4.47 Å². The van der Waals surface area contributed by atoms with Crippen molar-refractivity contribution < 1.29 is 13.5 Å². The van der Waals surface area contributed by atoms with Gasteiger partial charge in [-0.05, 0) is 33.6 Å². The Labute approximate surface area is 117 Å². The lowest BCUT2D eigenvalue weighted by molar-refractivity contribution is 0.0632. The second kappa shape index (κ2) is 6.12. The van der Waals surface area contributed by atoms with Gasteiger partial charge in [0.15, 0.2) is 5.82 Å². The van der Waals surface area contributed by atoms with E-state index >= 15 is 0 Å². The first-order valence-corrected chi connectivity index (χ1v) is 6.32. The maximum absolute atomic E-state index is 12.6. The van der Waals surface area contributed by atoms with E-state index in [-0.39, 0.29) is 12.4 Å². The minimum atomic E-state index is -2.62. The van der Waals surface area contributed by atoms with Crippen molar-refractivity contribution in [2.24, 2.45) is 5.73 Å². The first kappa shape index (κ1) is 14.0. The van der Waals surface area contributed by atoms with Crippen molar-refractivity contribution >= 4 is 15.9 Å². The summed E-state index contributed by atoms with van der Waals surface area (Å²) in [6.07, 6.45) is 2.54. The van der Waals surface area contributed by atoms with Crippen molar-refractivity contribution in [1.29, 1.82) is 0 Å². The van der Waals surface area contributed by atoms with Gasteiger partial charge >= 0.3 is 6.55 Å². The van der Waals surface area contributed by atoms with Crippen LogP contribution in [0.15, 0.2) is 35.1 Å². The number of imidazole rings is 1. The van der Waals surface area contributed by atoms with Crippen LogP contribution in [0, 0.1) is 0 Å². The van der Waals surface area contributed by atoms with Crippen molar-refractivity contribution in [3.63, 3.8) is 0 Å². The number of aromatic nitrogens is 2. The Morgan fingerprint density at radius 2 is 2.21 bits per heavy atom. The number of alkyl halides is 2. The van der Waals surface area contributed by atoms with Crippen molar-refractivity contribution in [3.05, 3.63) is 46.5 Å². The van der Waals surface area contributed by atoms with E-state index in [0.717, 1.165) is 14.6 Å². The molecule has 19 heavy (non-hydrogen) atoms. The molecular weight excluding hydrogens is 320 g/mol. The standard InChI is InChI=1S/C12H12BrF2N3O/c13-9-5-8(6-16)1-2-10(9)19-7-11-17-3-4-18(11)12(14)15/h1-5,12H,6-7,16H2. The second-order valence-electron chi connectivity index (χ2n) is 3.79. The Morgan fingerprint density at radius 3 is 2.84 bits per heavy atom. The summed E-state index contributed by atoms with van der Waals surface area (Å²) in [4.78, 5) is 3.84. The SMILES string of the molecule is NCc1ccc(OCc2nccn2C(F)F)c(Br)c1. The molecule has 0 radical (unpaired) electrons. The number of rotatable bonds is 5. The predicted octanol–water partition coefficient (Wildman–Crippen LogP) is 3.08. The minimum Gasteiger partial charge on any atom is -0.484 e. The molecule has 0 aliphatic carbocycles. The van der Waals surface area contributed by atoms with Crippen LogP contribution in [0.1, 0.15) is 17.9 Å². The molecule has 1 aromatic carbocycles. The molecule has 0 bridgehead atoms. The van der Waals surface area contributed by atoms with E-state index in [9.17, 15) is 8.78 Å². The minimum absolute atomic E-state index is 0.0298. The van der Waals surface area contributed by atoms with Crippen LogP contribution in [0.4, 0.5) is 8.78 Å². The zero-order chi connectivity index (χ0) is 13.8. The van der Waals surface area contributed by atoms with Crippen LogP contribution in [0.2, 0.25) is 0 Å². The van der Waals surface area contributed by atoms with Crippen molar-refractivity contribution in [2.45, 2.75) is 19.7 Å². The van der Waals surface area contributed by atoms with E-state index in [0.29, 0.717) is 12.3 Å². The molecule has 0 atom stereocenters. The Bertz CT molecular complexity index is 560. The summed E-state index contributed by atoms with van der Waals surface area (Å²) in [5.41, 5.74) is 6.47. The largest absolute Gasteiger partial charge is 0.484 e. The molecule has 0 aliphatic rings. The summed E-state index contributed by atoms with van der Waals surface area (Å²) in [5, 5.41) is 0. The molecule has 0 aliphatic heterocycles.